The van der Waals surface area contributed by atoms with Gasteiger partial charge in [-0.05, 0) is 18.2 Å². The molecule has 0 bridgehead atoms. The molecule has 108 valence electrons. The second-order valence-electron chi connectivity index (χ2n) is 3.92. The molecule has 2 N–H and O–H groups in total. The molecule has 0 fully saturated rings. The normalized spacial score (nSPS) is 9.76. The van der Waals surface area contributed by atoms with Crippen LogP contribution in [0.3, 0.4) is 0 Å². The van der Waals surface area contributed by atoms with Gasteiger partial charge >= 0.3 is 0 Å². The van der Waals surface area contributed by atoms with E-state index in [2.05, 4.69) is 21.8 Å². The molecule has 0 saturated heterocycles. The highest BCUT2D eigenvalue weighted by Gasteiger charge is 1.98. The average Bonchev–Trinajstić information content (AvgIpc) is 2.50. The van der Waals surface area contributed by atoms with E-state index in [1.165, 1.54) is 24.0 Å². The van der Waals surface area contributed by atoms with Gasteiger partial charge in [-0.3, -0.25) is 4.79 Å². The molecule has 21 heavy (non-hydrogen) atoms. The fourth-order valence-electron chi connectivity index (χ4n) is 1.53. The number of nitrogens with zero attached hydrogens (tertiary/aromatic N) is 1. The summed E-state index contributed by atoms with van der Waals surface area (Å²) in [4.78, 5) is 17.8. The number of hydrogen-bond donors (Lipinski definition) is 2. The van der Waals surface area contributed by atoms with Crippen LogP contribution in [0.15, 0.2) is 46.5 Å². The minimum Gasteiger partial charge on any atom is -0.493 e. The quantitative estimate of drug-likeness (QED) is 0.377. The van der Waals surface area contributed by atoms with Crippen LogP contribution in [0.5, 0.6) is 5.75 Å². The zero-order valence-corrected chi connectivity index (χ0v) is 12.0. The summed E-state index contributed by atoms with van der Waals surface area (Å²) in [6.45, 7) is 0.324. The number of hydrogen-bond acceptors (Lipinski definition) is 5. The van der Waals surface area contributed by atoms with Crippen molar-refractivity contribution in [3.05, 3.63) is 52.4 Å². The molecule has 2 aromatic rings. The van der Waals surface area contributed by atoms with Crippen LogP contribution in [0, 0.1) is 11.8 Å². The van der Waals surface area contributed by atoms with Crippen LogP contribution in [-0.2, 0) is 0 Å². The zero-order chi connectivity index (χ0) is 14.9. The average molecular weight is 302 g/mol. The number of nitrogens with one attached hydrogen (secondary N) is 1. The lowest BCUT2D eigenvalue weighted by Gasteiger charge is -2.05. The zero-order valence-electron chi connectivity index (χ0n) is 11.2. The highest BCUT2D eigenvalue weighted by atomic mass is 32.2. The molecule has 0 radical (unpaired) electrons. The molecule has 5 nitrogen and oxygen atoms in total. The van der Waals surface area contributed by atoms with Crippen molar-refractivity contribution in [2.75, 3.05) is 19.0 Å². The standard InChI is InChI=1S/C15H14N2O3S/c18-8-2-4-12-3-1-5-13(11-12)20-9-10-21-15-16-7-6-14(19)17-15/h1,3,5-7,11,18H,8-10H2,(H,16,17,19). The van der Waals surface area contributed by atoms with Crippen molar-refractivity contribution >= 4 is 11.8 Å². The molecule has 2 rings (SSSR count). The minimum absolute atomic E-state index is 0.163. The van der Waals surface area contributed by atoms with E-state index in [1.807, 2.05) is 24.3 Å². The van der Waals surface area contributed by atoms with Gasteiger partial charge in [-0.15, -0.1) is 0 Å². The molecule has 1 aromatic carbocycles. The fraction of sp³-hybridized carbons (Fsp3) is 0.200. The third-order valence-corrected chi connectivity index (χ3v) is 3.24. The predicted octanol–water partition coefficient (Wildman–Crippen LogP) is 1.28. The van der Waals surface area contributed by atoms with Gasteiger partial charge in [-0.25, -0.2) is 4.98 Å². The summed E-state index contributed by atoms with van der Waals surface area (Å²) in [6, 6.07) is 8.73. The summed E-state index contributed by atoms with van der Waals surface area (Å²) in [7, 11) is 0. The largest absolute Gasteiger partial charge is 0.493 e. The fourth-order valence-corrected chi connectivity index (χ4v) is 2.20. The monoisotopic (exact) mass is 302 g/mol. The molecule has 0 saturated carbocycles. The van der Waals surface area contributed by atoms with Crippen LogP contribution < -0.4 is 10.3 Å². The number of aliphatic hydroxyl groups excluding tert-OH is 1. The van der Waals surface area contributed by atoms with Gasteiger partial charge in [0.15, 0.2) is 5.16 Å². The first-order chi connectivity index (χ1) is 10.3. The SMILES string of the molecule is O=c1ccnc(SCCOc2cccc(C#CCO)c2)[nH]1. The summed E-state index contributed by atoms with van der Waals surface area (Å²) in [6.07, 6.45) is 1.48. The lowest BCUT2D eigenvalue weighted by Crippen LogP contribution is -2.07. The summed E-state index contributed by atoms with van der Waals surface area (Å²) >= 11 is 1.42. The Balaban J connectivity index is 1.82. The Morgan fingerprint density at radius 1 is 1.38 bits per heavy atom. The van der Waals surface area contributed by atoms with Crippen LogP contribution in [0.4, 0.5) is 0 Å². The van der Waals surface area contributed by atoms with E-state index in [9.17, 15) is 4.79 Å². The van der Waals surface area contributed by atoms with E-state index in [-0.39, 0.29) is 12.2 Å². The van der Waals surface area contributed by atoms with Gasteiger partial charge in [-0.2, -0.15) is 0 Å². The summed E-state index contributed by atoms with van der Waals surface area (Å²) in [5, 5.41) is 9.24. The Morgan fingerprint density at radius 2 is 2.29 bits per heavy atom. The molecule has 0 spiro atoms. The van der Waals surface area contributed by atoms with Gasteiger partial charge in [0.05, 0.1) is 6.61 Å². The number of thioether (sulfide) groups is 1. The highest BCUT2D eigenvalue weighted by molar-refractivity contribution is 7.99. The molecule has 1 aromatic heterocycles. The van der Waals surface area contributed by atoms with E-state index in [0.29, 0.717) is 17.5 Å². The molecular formula is C15H14N2O3S. The first-order valence-corrected chi connectivity index (χ1v) is 7.27. The van der Waals surface area contributed by atoms with Gasteiger partial charge in [0.2, 0.25) is 0 Å². The summed E-state index contributed by atoms with van der Waals surface area (Å²) < 4.78 is 5.61. The molecule has 0 amide bonds. The third-order valence-electron chi connectivity index (χ3n) is 2.38. The molecular weight excluding hydrogens is 288 g/mol. The Labute approximate surface area is 126 Å². The van der Waals surface area contributed by atoms with Crippen molar-refractivity contribution in [2.45, 2.75) is 5.16 Å². The molecule has 0 aliphatic carbocycles. The van der Waals surface area contributed by atoms with Crippen LogP contribution in [0.25, 0.3) is 0 Å². The van der Waals surface area contributed by atoms with Crippen molar-refractivity contribution in [1.82, 2.24) is 9.97 Å². The predicted molar refractivity (Wildman–Crippen MR) is 81.5 cm³/mol. The lowest BCUT2D eigenvalue weighted by molar-refractivity contribution is 0.343. The lowest BCUT2D eigenvalue weighted by atomic mass is 10.2. The van der Waals surface area contributed by atoms with Gasteiger partial charge in [0.25, 0.3) is 5.56 Å². The van der Waals surface area contributed by atoms with E-state index in [1.54, 1.807) is 0 Å². The summed E-state index contributed by atoms with van der Waals surface area (Å²) in [5.41, 5.74) is 0.631. The van der Waals surface area contributed by atoms with E-state index >= 15 is 0 Å². The Bertz CT molecular complexity index is 704. The van der Waals surface area contributed by atoms with Crippen LogP contribution in [0.1, 0.15) is 5.56 Å². The molecule has 0 unspecified atom stereocenters. The number of aliphatic hydroxyl groups is 1. The molecule has 6 heteroatoms. The van der Waals surface area contributed by atoms with Crippen LogP contribution in [-0.4, -0.2) is 34.0 Å². The second-order valence-corrected chi connectivity index (χ2v) is 5.01. The molecule has 0 atom stereocenters. The van der Waals surface area contributed by atoms with Crippen LogP contribution >= 0.6 is 11.8 Å². The maximum absolute atomic E-state index is 11.1. The first kappa shape index (κ1) is 15.2. The van der Waals surface area contributed by atoms with E-state index in [0.717, 1.165) is 11.3 Å². The van der Waals surface area contributed by atoms with Crippen molar-refractivity contribution < 1.29 is 9.84 Å². The van der Waals surface area contributed by atoms with Crippen LogP contribution in [0.2, 0.25) is 0 Å². The molecule has 0 aliphatic rings. The number of aromatic nitrogens is 2. The highest BCUT2D eigenvalue weighted by Crippen LogP contribution is 2.14. The number of ether oxygens (including phenoxy) is 1. The summed E-state index contributed by atoms with van der Waals surface area (Å²) in [5.74, 6) is 6.80. The number of rotatable bonds is 5. The maximum atomic E-state index is 11.1. The number of H-pyrrole nitrogens is 1. The van der Waals surface area contributed by atoms with Crippen molar-refractivity contribution in [1.29, 1.82) is 0 Å². The Morgan fingerprint density at radius 3 is 3.10 bits per heavy atom. The van der Waals surface area contributed by atoms with Gasteiger partial charge in [-0.1, -0.05) is 29.7 Å². The Kier molecular flexibility index (Phi) is 5.88. The van der Waals surface area contributed by atoms with E-state index in [4.69, 9.17) is 9.84 Å². The topological polar surface area (TPSA) is 75.2 Å². The van der Waals surface area contributed by atoms with Gasteiger partial charge in [0, 0.05) is 23.6 Å². The van der Waals surface area contributed by atoms with Crippen molar-refractivity contribution in [3.8, 4) is 17.6 Å². The van der Waals surface area contributed by atoms with Gasteiger partial charge in [0.1, 0.15) is 12.4 Å². The maximum Gasteiger partial charge on any atom is 0.251 e. The third kappa shape index (κ3) is 5.34. The first-order valence-electron chi connectivity index (χ1n) is 6.28. The Hall–Kier alpha value is -2.23. The van der Waals surface area contributed by atoms with Crippen molar-refractivity contribution in [2.24, 2.45) is 0 Å². The van der Waals surface area contributed by atoms with E-state index < -0.39 is 0 Å². The number of benzene rings is 1. The molecule has 0 aliphatic heterocycles. The van der Waals surface area contributed by atoms with Crippen molar-refractivity contribution in [3.63, 3.8) is 0 Å². The molecule has 1 heterocycles. The second kappa shape index (κ2) is 8.15. The minimum atomic E-state index is -0.163. The number of aromatic amines is 1. The smallest absolute Gasteiger partial charge is 0.251 e. The van der Waals surface area contributed by atoms with Gasteiger partial charge < -0.3 is 14.8 Å².